The zero-order valence-electron chi connectivity index (χ0n) is 15.0. The van der Waals surface area contributed by atoms with Crippen molar-refractivity contribution in [3.05, 3.63) is 102 Å². The van der Waals surface area contributed by atoms with E-state index in [0.29, 0.717) is 5.70 Å². The molecule has 3 aromatic rings. The Bertz CT molecular complexity index is 1020. The third kappa shape index (κ3) is 4.15. The fraction of sp³-hybridized carbons (Fsp3) is 0.0435. The van der Waals surface area contributed by atoms with E-state index in [1.165, 1.54) is 9.80 Å². The minimum absolute atomic E-state index is 0.259. The lowest BCUT2D eigenvalue weighted by atomic mass is 10.2. The summed E-state index contributed by atoms with van der Waals surface area (Å²) in [6, 6.07) is 27.1. The van der Waals surface area contributed by atoms with E-state index in [1.54, 1.807) is 17.8 Å². The van der Waals surface area contributed by atoms with Crippen molar-refractivity contribution in [2.45, 2.75) is 16.3 Å². The molecule has 3 amide bonds. The van der Waals surface area contributed by atoms with E-state index in [9.17, 15) is 9.59 Å². The standard InChI is InChI=1S/C23H18N2O2S/c26-22-21(24-23(27)25(22)16-18-7-3-1-4-8-18)15-17-11-13-20(14-12-17)28-19-9-5-2-6-10-19/h1-15H,16H2,(H,24,27)/b21-15+. The first-order valence-corrected chi connectivity index (χ1v) is 9.72. The Labute approximate surface area is 167 Å². The van der Waals surface area contributed by atoms with Gasteiger partial charge in [0.2, 0.25) is 0 Å². The average Bonchev–Trinajstić information content (AvgIpc) is 2.98. The van der Waals surface area contributed by atoms with E-state index in [-0.39, 0.29) is 12.5 Å². The summed E-state index contributed by atoms with van der Waals surface area (Å²) in [5.41, 5.74) is 2.07. The summed E-state index contributed by atoms with van der Waals surface area (Å²) >= 11 is 1.68. The van der Waals surface area contributed by atoms with Crippen LogP contribution in [-0.2, 0) is 11.3 Å². The van der Waals surface area contributed by atoms with E-state index in [0.717, 1.165) is 16.0 Å². The minimum Gasteiger partial charge on any atom is -0.303 e. The molecular formula is C23H18N2O2S. The molecular weight excluding hydrogens is 368 g/mol. The Hall–Kier alpha value is -3.31. The summed E-state index contributed by atoms with van der Waals surface area (Å²) in [5, 5.41) is 2.67. The lowest BCUT2D eigenvalue weighted by Gasteiger charge is -2.11. The predicted molar refractivity (Wildman–Crippen MR) is 111 cm³/mol. The highest BCUT2D eigenvalue weighted by Gasteiger charge is 2.33. The molecule has 4 nitrogen and oxygen atoms in total. The Morgan fingerprint density at radius 1 is 0.786 bits per heavy atom. The van der Waals surface area contributed by atoms with Crippen LogP contribution < -0.4 is 5.32 Å². The predicted octanol–water partition coefficient (Wildman–Crippen LogP) is 4.93. The van der Waals surface area contributed by atoms with Crippen molar-refractivity contribution in [2.75, 3.05) is 0 Å². The van der Waals surface area contributed by atoms with Crippen molar-refractivity contribution in [3.63, 3.8) is 0 Å². The second kappa shape index (κ2) is 8.15. The van der Waals surface area contributed by atoms with Crippen LogP contribution in [0.2, 0.25) is 0 Å². The number of hydrogen-bond acceptors (Lipinski definition) is 3. The molecule has 4 rings (SSSR count). The van der Waals surface area contributed by atoms with Gasteiger partial charge in [0.1, 0.15) is 5.70 Å². The van der Waals surface area contributed by atoms with Crippen LogP contribution in [-0.4, -0.2) is 16.8 Å². The number of carbonyl (C=O) groups excluding carboxylic acids is 2. The molecule has 1 fully saturated rings. The fourth-order valence-corrected chi connectivity index (χ4v) is 3.74. The number of rotatable bonds is 5. The van der Waals surface area contributed by atoms with Gasteiger partial charge in [0, 0.05) is 9.79 Å². The number of urea groups is 1. The highest BCUT2D eigenvalue weighted by atomic mass is 32.2. The van der Waals surface area contributed by atoms with Crippen LogP contribution in [0.15, 0.2) is 100 Å². The van der Waals surface area contributed by atoms with Crippen LogP contribution in [0.5, 0.6) is 0 Å². The number of carbonyl (C=O) groups is 2. The number of benzene rings is 3. The molecule has 1 N–H and O–H groups in total. The van der Waals surface area contributed by atoms with E-state index < -0.39 is 6.03 Å². The largest absolute Gasteiger partial charge is 0.329 e. The van der Waals surface area contributed by atoms with Gasteiger partial charge in [-0.05, 0) is 41.5 Å². The monoisotopic (exact) mass is 386 g/mol. The molecule has 0 bridgehead atoms. The van der Waals surface area contributed by atoms with E-state index in [2.05, 4.69) is 17.4 Å². The first kappa shape index (κ1) is 18.1. The highest BCUT2D eigenvalue weighted by molar-refractivity contribution is 7.99. The Morgan fingerprint density at radius 2 is 1.39 bits per heavy atom. The summed E-state index contributed by atoms with van der Waals surface area (Å²) in [6.45, 7) is 0.259. The zero-order valence-corrected chi connectivity index (χ0v) is 15.9. The molecule has 1 aliphatic rings. The number of nitrogens with zero attached hydrogens (tertiary/aromatic N) is 1. The molecule has 1 aliphatic heterocycles. The number of amides is 3. The maximum atomic E-state index is 12.6. The molecule has 0 atom stereocenters. The van der Waals surface area contributed by atoms with Gasteiger partial charge in [-0.15, -0.1) is 0 Å². The van der Waals surface area contributed by atoms with E-state index in [1.807, 2.05) is 72.8 Å². The summed E-state index contributed by atoms with van der Waals surface area (Å²) in [7, 11) is 0. The smallest absolute Gasteiger partial charge is 0.303 e. The van der Waals surface area contributed by atoms with Crippen LogP contribution >= 0.6 is 11.8 Å². The summed E-state index contributed by atoms with van der Waals surface area (Å²) in [6.07, 6.45) is 1.71. The lowest BCUT2D eigenvalue weighted by molar-refractivity contribution is -0.123. The number of hydrogen-bond donors (Lipinski definition) is 1. The van der Waals surface area contributed by atoms with Crippen molar-refractivity contribution >= 4 is 29.8 Å². The molecule has 5 heteroatoms. The molecule has 0 spiro atoms. The second-order valence-corrected chi connectivity index (χ2v) is 7.50. The van der Waals surface area contributed by atoms with Crippen LogP contribution in [0.25, 0.3) is 6.08 Å². The number of nitrogens with one attached hydrogen (secondary N) is 1. The molecule has 1 heterocycles. The third-order valence-corrected chi connectivity index (χ3v) is 5.33. The SMILES string of the molecule is O=C1N/C(=C/c2ccc(Sc3ccccc3)cc2)C(=O)N1Cc1ccccc1. The van der Waals surface area contributed by atoms with Crippen molar-refractivity contribution in [1.82, 2.24) is 10.2 Å². The molecule has 1 saturated heterocycles. The van der Waals surface area contributed by atoms with Gasteiger partial charge < -0.3 is 5.32 Å². The zero-order chi connectivity index (χ0) is 19.3. The van der Waals surface area contributed by atoms with Crippen LogP contribution in [0.1, 0.15) is 11.1 Å². The minimum atomic E-state index is -0.392. The highest BCUT2D eigenvalue weighted by Crippen LogP contribution is 2.28. The van der Waals surface area contributed by atoms with Crippen LogP contribution in [0.4, 0.5) is 4.79 Å². The van der Waals surface area contributed by atoms with Gasteiger partial charge in [-0.1, -0.05) is 72.4 Å². The molecule has 0 aliphatic carbocycles. The van der Waals surface area contributed by atoms with E-state index in [4.69, 9.17) is 0 Å². The quantitative estimate of drug-likeness (QED) is 0.500. The third-order valence-electron chi connectivity index (χ3n) is 4.32. The maximum Gasteiger partial charge on any atom is 0.329 e. The van der Waals surface area contributed by atoms with Crippen molar-refractivity contribution in [1.29, 1.82) is 0 Å². The summed E-state index contributed by atoms with van der Waals surface area (Å²) < 4.78 is 0. The molecule has 0 saturated carbocycles. The molecule has 28 heavy (non-hydrogen) atoms. The molecule has 0 unspecified atom stereocenters. The molecule has 0 aromatic heterocycles. The summed E-state index contributed by atoms with van der Waals surface area (Å²) in [4.78, 5) is 28.3. The average molecular weight is 386 g/mol. The lowest BCUT2D eigenvalue weighted by Crippen LogP contribution is -2.30. The van der Waals surface area contributed by atoms with E-state index >= 15 is 0 Å². The van der Waals surface area contributed by atoms with Gasteiger partial charge in [0.25, 0.3) is 5.91 Å². The number of imide groups is 1. The summed E-state index contributed by atoms with van der Waals surface area (Å²) in [5.74, 6) is -0.309. The maximum absolute atomic E-state index is 12.6. The normalized spacial score (nSPS) is 15.1. The van der Waals surface area contributed by atoms with Gasteiger partial charge in [0.05, 0.1) is 6.54 Å². The Kier molecular flexibility index (Phi) is 5.26. The van der Waals surface area contributed by atoms with Gasteiger partial charge in [-0.2, -0.15) is 0 Å². The van der Waals surface area contributed by atoms with Gasteiger partial charge in [0.15, 0.2) is 0 Å². The van der Waals surface area contributed by atoms with Crippen molar-refractivity contribution in [3.8, 4) is 0 Å². The molecule has 0 radical (unpaired) electrons. The Balaban J connectivity index is 1.46. The van der Waals surface area contributed by atoms with Crippen LogP contribution in [0.3, 0.4) is 0 Å². The fourth-order valence-electron chi connectivity index (χ4n) is 2.90. The van der Waals surface area contributed by atoms with Gasteiger partial charge in [-0.25, -0.2) is 4.79 Å². The molecule has 138 valence electrons. The van der Waals surface area contributed by atoms with Gasteiger partial charge in [-0.3, -0.25) is 9.69 Å². The van der Waals surface area contributed by atoms with Gasteiger partial charge >= 0.3 is 6.03 Å². The first-order chi connectivity index (χ1) is 13.7. The van der Waals surface area contributed by atoms with Crippen LogP contribution in [0, 0.1) is 0 Å². The topological polar surface area (TPSA) is 49.4 Å². The van der Waals surface area contributed by atoms with Crippen molar-refractivity contribution < 1.29 is 9.59 Å². The second-order valence-electron chi connectivity index (χ2n) is 6.35. The first-order valence-electron chi connectivity index (χ1n) is 8.90. The van der Waals surface area contributed by atoms with Crippen molar-refractivity contribution in [2.24, 2.45) is 0 Å². The Morgan fingerprint density at radius 3 is 2.07 bits per heavy atom. The molecule has 3 aromatic carbocycles.